The van der Waals surface area contributed by atoms with Gasteiger partial charge in [-0.25, -0.2) is 4.39 Å². The van der Waals surface area contributed by atoms with Crippen molar-refractivity contribution in [3.63, 3.8) is 0 Å². The molecule has 4 N–H and O–H groups in total. The molecule has 0 unspecified atom stereocenters. The van der Waals surface area contributed by atoms with E-state index in [0.717, 1.165) is 0 Å². The molecule has 0 aromatic heterocycles. The van der Waals surface area contributed by atoms with Crippen molar-refractivity contribution in [3.05, 3.63) is 52.3 Å². The molecule has 98 valence electrons. The predicted molar refractivity (Wildman–Crippen MR) is 73.5 cm³/mol. The van der Waals surface area contributed by atoms with Crippen LogP contribution in [0, 0.1) is 5.82 Å². The molecule has 0 fully saturated rings. The first-order valence-electron chi connectivity index (χ1n) is 5.29. The molecule has 1 amide bonds. The lowest BCUT2D eigenvalue weighted by Crippen LogP contribution is -2.13. The van der Waals surface area contributed by atoms with Crippen LogP contribution in [0.1, 0.15) is 10.4 Å². The zero-order chi connectivity index (χ0) is 14.0. The van der Waals surface area contributed by atoms with E-state index >= 15 is 0 Å². The fraction of sp³-hybridized carbons (Fsp3) is 0. The predicted octanol–water partition coefficient (Wildman–Crippen LogP) is 3.06. The Morgan fingerprint density at radius 2 is 1.95 bits per heavy atom. The van der Waals surface area contributed by atoms with Gasteiger partial charge in [0.15, 0.2) is 11.6 Å². The first-order chi connectivity index (χ1) is 8.97. The summed E-state index contributed by atoms with van der Waals surface area (Å²) in [7, 11) is 0. The topological polar surface area (TPSA) is 78.3 Å². The summed E-state index contributed by atoms with van der Waals surface area (Å²) < 4.78 is 19.6. The number of halogens is 2. The normalized spacial score (nSPS) is 10.2. The standard InChI is InChI=1S/C13H10BrFN2O2/c14-7-1-4-12(10(15)5-7)19-8-2-3-11(16)9(6-8)13(17)18/h1-6H,16H2,(H2,17,18). The molecule has 0 heterocycles. The van der Waals surface area contributed by atoms with E-state index in [1.54, 1.807) is 6.07 Å². The van der Waals surface area contributed by atoms with E-state index in [2.05, 4.69) is 15.9 Å². The first kappa shape index (κ1) is 13.4. The first-order valence-corrected chi connectivity index (χ1v) is 6.09. The second-order valence-corrected chi connectivity index (χ2v) is 4.71. The Morgan fingerprint density at radius 3 is 2.58 bits per heavy atom. The zero-order valence-corrected chi connectivity index (χ0v) is 11.3. The van der Waals surface area contributed by atoms with E-state index < -0.39 is 11.7 Å². The Balaban J connectivity index is 2.33. The van der Waals surface area contributed by atoms with Gasteiger partial charge in [-0.05, 0) is 36.4 Å². The number of amides is 1. The molecular formula is C13H10BrFN2O2. The van der Waals surface area contributed by atoms with Crippen molar-refractivity contribution in [2.24, 2.45) is 5.73 Å². The highest BCUT2D eigenvalue weighted by Gasteiger charge is 2.10. The van der Waals surface area contributed by atoms with Crippen molar-refractivity contribution in [2.45, 2.75) is 0 Å². The number of hydrogen-bond donors (Lipinski definition) is 2. The summed E-state index contributed by atoms with van der Waals surface area (Å²) in [6.07, 6.45) is 0. The van der Waals surface area contributed by atoms with Crippen LogP contribution in [0.15, 0.2) is 40.9 Å². The summed E-state index contributed by atoms with van der Waals surface area (Å²) in [4.78, 5) is 11.1. The maximum Gasteiger partial charge on any atom is 0.250 e. The van der Waals surface area contributed by atoms with E-state index in [9.17, 15) is 9.18 Å². The van der Waals surface area contributed by atoms with Gasteiger partial charge in [0.25, 0.3) is 5.91 Å². The minimum absolute atomic E-state index is 0.0448. The molecule has 2 rings (SSSR count). The third-order valence-electron chi connectivity index (χ3n) is 2.41. The lowest BCUT2D eigenvalue weighted by molar-refractivity contribution is 0.100. The van der Waals surface area contributed by atoms with Crippen LogP contribution in [-0.4, -0.2) is 5.91 Å². The van der Waals surface area contributed by atoms with E-state index in [0.29, 0.717) is 4.47 Å². The molecule has 0 aliphatic heterocycles. The number of carbonyl (C=O) groups excluding carboxylic acids is 1. The Bertz CT molecular complexity index is 647. The monoisotopic (exact) mass is 324 g/mol. The van der Waals surface area contributed by atoms with Crippen LogP contribution in [0.2, 0.25) is 0 Å². The summed E-state index contributed by atoms with van der Waals surface area (Å²) in [6.45, 7) is 0. The van der Waals surface area contributed by atoms with Gasteiger partial charge in [0.1, 0.15) is 5.75 Å². The fourth-order valence-corrected chi connectivity index (χ4v) is 1.83. The van der Waals surface area contributed by atoms with Crippen LogP contribution >= 0.6 is 15.9 Å². The highest BCUT2D eigenvalue weighted by molar-refractivity contribution is 9.10. The molecular weight excluding hydrogens is 315 g/mol. The van der Waals surface area contributed by atoms with E-state index in [4.69, 9.17) is 16.2 Å². The van der Waals surface area contributed by atoms with E-state index in [1.165, 1.54) is 30.3 Å². The highest BCUT2D eigenvalue weighted by atomic mass is 79.9. The minimum Gasteiger partial charge on any atom is -0.454 e. The van der Waals surface area contributed by atoms with Gasteiger partial charge in [0.2, 0.25) is 0 Å². The second-order valence-electron chi connectivity index (χ2n) is 3.79. The molecule has 0 spiro atoms. The highest BCUT2D eigenvalue weighted by Crippen LogP contribution is 2.28. The van der Waals surface area contributed by atoms with Gasteiger partial charge < -0.3 is 16.2 Å². The summed E-state index contributed by atoms with van der Waals surface area (Å²) in [5.74, 6) is -0.862. The number of rotatable bonds is 3. The second kappa shape index (κ2) is 5.27. The Kier molecular flexibility index (Phi) is 3.71. The molecule has 0 saturated carbocycles. The van der Waals surface area contributed by atoms with Gasteiger partial charge in [-0.1, -0.05) is 15.9 Å². The summed E-state index contributed by atoms with van der Waals surface area (Å²) >= 11 is 3.15. The SMILES string of the molecule is NC(=O)c1cc(Oc2ccc(Br)cc2F)ccc1N. The van der Waals surface area contributed by atoms with Crippen LogP contribution in [0.4, 0.5) is 10.1 Å². The average Bonchev–Trinajstić information content (AvgIpc) is 2.34. The lowest BCUT2D eigenvalue weighted by Gasteiger charge is -2.09. The molecule has 0 aliphatic carbocycles. The molecule has 0 bridgehead atoms. The maximum absolute atomic E-state index is 13.6. The third-order valence-corrected chi connectivity index (χ3v) is 2.91. The lowest BCUT2D eigenvalue weighted by atomic mass is 10.1. The van der Waals surface area contributed by atoms with E-state index in [1.807, 2.05) is 0 Å². The van der Waals surface area contributed by atoms with Gasteiger partial charge in [-0.2, -0.15) is 0 Å². The molecule has 6 heteroatoms. The van der Waals surface area contributed by atoms with Gasteiger partial charge in [0.05, 0.1) is 5.56 Å². The van der Waals surface area contributed by atoms with Gasteiger partial charge in [-0.15, -0.1) is 0 Å². The molecule has 0 atom stereocenters. The number of anilines is 1. The molecule has 4 nitrogen and oxygen atoms in total. The van der Waals surface area contributed by atoms with Crippen molar-refractivity contribution >= 4 is 27.5 Å². The molecule has 0 aliphatic rings. The smallest absolute Gasteiger partial charge is 0.250 e. The number of ether oxygens (including phenoxy) is 1. The minimum atomic E-state index is -0.667. The third kappa shape index (κ3) is 3.03. The van der Waals surface area contributed by atoms with Gasteiger partial charge >= 0.3 is 0 Å². The molecule has 2 aromatic carbocycles. The number of hydrogen-bond acceptors (Lipinski definition) is 3. The van der Waals surface area contributed by atoms with Crippen LogP contribution < -0.4 is 16.2 Å². The van der Waals surface area contributed by atoms with Gasteiger partial charge in [0, 0.05) is 10.2 Å². The number of nitrogens with two attached hydrogens (primary N) is 2. The van der Waals surface area contributed by atoms with E-state index in [-0.39, 0.29) is 22.7 Å². The quantitative estimate of drug-likeness (QED) is 0.851. The largest absolute Gasteiger partial charge is 0.454 e. The van der Waals surface area contributed by atoms with Crippen LogP contribution in [0.3, 0.4) is 0 Å². The molecule has 19 heavy (non-hydrogen) atoms. The van der Waals surface area contributed by atoms with Crippen molar-refractivity contribution < 1.29 is 13.9 Å². The Morgan fingerprint density at radius 1 is 1.21 bits per heavy atom. The molecule has 0 saturated heterocycles. The number of benzene rings is 2. The molecule has 2 aromatic rings. The Labute approximate surface area is 117 Å². The molecule has 0 radical (unpaired) electrons. The van der Waals surface area contributed by atoms with Crippen LogP contribution in [0.25, 0.3) is 0 Å². The average molecular weight is 325 g/mol. The number of carbonyl (C=O) groups is 1. The van der Waals surface area contributed by atoms with Crippen molar-refractivity contribution in [1.82, 2.24) is 0 Å². The maximum atomic E-state index is 13.6. The number of nitrogen functional groups attached to an aromatic ring is 1. The van der Waals surface area contributed by atoms with Gasteiger partial charge in [-0.3, -0.25) is 4.79 Å². The van der Waals surface area contributed by atoms with Crippen LogP contribution in [-0.2, 0) is 0 Å². The summed E-state index contributed by atoms with van der Waals surface area (Å²) in [6, 6.07) is 8.78. The van der Waals surface area contributed by atoms with Crippen molar-refractivity contribution in [3.8, 4) is 11.5 Å². The van der Waals surface area contributed by atoms with Crippen LogP contribution in [0.5, 0.6) is 11.5 Å². The van der Waals surface area contributed by atoms with Crippen molar-refractivity contribution in [2.75, 3.05) is 5.73 Å². The summed E-state index contributed by atoms with van der Waals surface area (Å²) in [5.41, 5.74) is 11.1. The Hall–Kier alpha value is -2.08. The van der Waals surface area contributed by atoms with Crippen molar-refractivity contribution in [1.29, 1.82) is 0 Å². The number of primary amides is 1. The zero-order valence-electron chi connectivity index (χ0n) is 9.69. The summed E-state index contributed by atoms with van der Waals surface area (Å²) in [5, 5.41) is 0. The fourth-order valence-electron chi connectivity index (χ4n) is 1.50.